The first-order valence-electron chi connectivity index (χ1n) is 7.36. The Morgan fingerprint density at radius 1 is 0.900 bits per heavy atom. The zero-order valence-electron chi connectivity index (χ0n) is 12.3. The van der Waals surface area contributed by atoms with Crippen LogP contribution in [-0.2, 0) is 0 Å². The molecule has 0 saturated heterocycles. The standard InChI is InChI=1S/C18H23NO/c1-3-14-20-17-12-10-16(11-13-17)18(19-4-2)15-8-6-5-7-9-15/h5-13,18-19H,3-4,14H2,1-2H3. The Hall–Kier alpha value is -1.80. The summed E-state index contributed by atoms with van der Waals surface area (Å²) in [6, 6.07) is 19.2. The Labute approximate surface area is 121 Å². The van der Waals surface area contributed by atoms with E-state index in [1.54, 1.807) is 0 Å². The lowest BCUT2D eigenvalue weighted by molar-refractivity contribution is 0.317. The summed E-state index contributed by atoms with van der Waals surface area (Å²) in [6.07, 6.45) is 1.03. The van der Waals surface area contributed by atoms with Crippen LogP contribution in [0.1, 0.15) is 37.4 Å². The van der Waals surface area contributed by atoms with Gasteiger partial charge in [0.15, 0.2) is 0 Å². The van der Waals surface area contributed by atoms with E-state index in [4.69, 9.17) is 4.74 Å². The smallest absolute Gasteiger partial charge is 0.119 e. The van der Waals surface area contributed by atoms with E-state index in [0.29, 0.717) is 0 Å². The van der Waals surface area contributed by atoms with Gasteiger partial charge in [0, 0.05) is 0 Å². The van der Waals surface area contributed by atoms with Crippen LogP contribution in [0.15, 0.2) is 54.6 Å². The van der Waals surface area contributed by atoms with Crippen molar-refractivity contribution in [3.05, 3.63) is 65.7 Å². The van der Waals surface area contributed by atoms with Gasteiger partial charge in [-0.3, -0.25) is 0 Å². The van der Waals surface area contributed by atoms with Crippen LogP contribution in [0.25, 0.3) is 0 Å². The highest BCUT2D eigenvalue weighted by atomic mass is 16.5. The lowest BCUT2D eigenvalue weighted by Gasteiger charge is -2.19. The summed E-state index contributed by atoms with van der Waals surface area (Å²) in [5.74, 6) is 0.943. The van der Waals surface area contributed by atoms with E-state index < -0.39 is 0 Å². The molecule has 20 heavy (non-hydrogen) atoms. The van der Waals surface area contributed by atoms with Crippen LogP contribution < -0.4 is 10.1 Å². The lowest BCUT2D eigenvalue weighted by Crippen LogP contribution is -2.21. The number of nitrogens with one attached hydrogen (secondary N) is 1. The molecule has 0 aliphatic heterocycles. The lowest BCUT2D eigenvalue weighted by atomic mass is 9.98. The van der Waals surface area contributed by atoms with Crippen molar-refractivity contribution in [1.82, 2.24) is 5.32 Å². The van der Waals surface area contributed by atoms with Gasteiger partial charge in [-0.1, -0.05) is 56.3 Å². The molecule has 2 rings (SSSR count). The molecule has 0 amide bonds. The van der Waals surface area contributed by atoms with E-state index in [2.05, 4.69) is 67.7 Å². The van der Waals surface area contributed by atoms with Gasteiger partial charge in [0.2, 0.25) is 0 Å². The molecule has 2 aromatic rings. The molecule has 2 aromatic carbocycles. The molecule has 1 N–H and O–H groups in total. The molecule has 0 aliphatic carbocycles. The minimum atomic E-state index is 0.237. The normalized spacial score (nSPS) is 12.1. The first-order valence-corrected chi connectivity index (χ1v) is 7.36. The monoisotopic (exact) mass is 269 g/mol. The largest absolute Gasteiger partial charge is 0.494 e. The van der Waals surface area contributed by atoms with Crippen molar-refractivity contribution in [3.8, 4) is 5.75 Å². The first-order chi connectivity index (χ1) is 9.85. The van der Waals surface area contributed by atoms with Crippen molar-refractivity contribution < 1.29 is 4.74 Å². The number of ether oxygens (including phenoxy) is 1. The highest BCUT2D eigenvalue weighted by Crippen LogP contribution is 2.24. The summed E-state index contributed by atoms with van der Waals surface area (Å²) in [5.41, 5.74) is 2.55. The fourth-order valence-electron chi connectivity index (χ4n) is 2.25. The SMILES string of the molecule is CCCOc1ccc(C(NCC)c2ccccc2)cc1. The molecule has 0 saturated carbocycles. The van der Waals surface area contributed by atoms with Gasteiger partial charge in [0.1, 0.15) is 5.75 Å². The maximum Gasteiger partial charge on any atom is 0.119 e. The minimum absolute atomic E-state index is 0.237. The molecule has 0 fully saturated rings. The summed E-state index contributed by atoms with van der Waals surface area (Å²) in [6.45, 7) is 5.96. The number of benzene rings is 2. The summed E-state index contributed by atoms with van der Waals surface area (Å²) in [7, 11) is 0. The van der Waals surface area contributed by atoms with E-state index in [1.165, 1.54) is 11.1 Å². The fourth-order valence-corrected chi connectivity index (χ4v) is 2.25. The summed E-state index contributed by atoms with van der Waals surface area (Å²) in [5, 5.41) is 3.54. The van der Waals surface area contributed by atoms with Crippen molar-refractivity contribution >= 4 is 0 Å². The number of hydrogen-bond donors (Lipinski definition) is 1. The predicted octanol–water partition coefficient (Wildman–Crippen LogP) is 4.17. The van der Waals surface area contributed by atoms with Crippen LogP contribution in [0.3, 0.4) is 0 Å². The summed E-state index contributed by atoms with van der Waals surface area (Å²) < 4.78 is 5.64. The minimum Gasteiger partial charge on any atom is -0.494 e. The van der Waals surface area contributed by atoms with Crippen molar-refractivity contribution in [2.24, 2.45) is 0 Å². The van der Waals surface area contributed by atoms with Crippen molar-refractivity contribution in [3.63, 3.8) is 0 Å². The molecular weight excluding hydrogens is 246 g/mol. The highest BCUT2D eigenvalue weighted by Gasteiger charge is 2.12. The van der Waals surface area contributed by atoms with E-state index in [9.17, 15) is 0 Å². The molecule has 1 unspecified atom stereocenters. The molecular formula is C18H23NO. The van der Waals surface area contributed by atoms with Crippen LogP contribution in [0.2, 0.25) is 0 Å². The molecule has 2 nitrogen and oxygen atoms in total. The van der Waals surface area contributed by atoms with Crippen LogP contribution >= 0.6 is 0 Å². The van der Waals surface area contributed by atoms with Gasteiger partial charge in [0.05, 0.1) is 12.6 Å². The molecule has 1 atom stereocenters. The Morgan fingerprint density at radius 3 is 2.15 bits per heavy atom. The molecule has 0 aromatic heterocycles. The molecule has 0 bridgehead atoms. The fraction of sp³-hybridized carbons (Fsp3) is 0.333. The molecule has 0 aliphatic rings. The highest BCUT2D eigenvalue weighted by molar-refractivity contribution is 5.35. The Bertz CT molecular complexity index is 493. The van der Waals surface area contributed by atoms with Crippen molar-refractivity contribution in [2.75, 3.05) is 13.2 Å². The Kier molecular flexibility index (Phi) is 5.63. The van der Waals surface area contributed by atoms with E-state index >= 15 is 0 Å². The average Bonchev–Trinajstić information content (AvgIpc) is 2.52. The van der Waals surface area contributed by atoms with Crippen LogP contribution in [-0.4, -0.2) is 13.2 Å². The van der Waals surface area contributed by atoms with E-state index in [0.717, 1.165) is 25.3 Å². The van der Waals surface area contributed by atoms with Gasteiger partial charge < -0.3 is 10.1 Å². The Balaban J connectivity index is 2.17. The second-order valence-electron chi connectivity index (χ2n) is 4.82. The van der Waals surface area contributed by atoms with Gasteiger partial charge >= 0.3 is 0 Å². The second kappa shape index (κ2) is 7.71. The van der Waals surface area contributed by atoms with Crippen molar-refractivity contribution in [1.29, 1.82) is 0 Å². The molecule has 0 heterocycles. The number of hydrogen-bond acceptors (Lipinski definition) is 2. The van der Waals surface area contributed by atoms with Crippen LogP contribution in [0.4, 0.5) is 0 Å². The van der Waals surface area contributed by atoms with Crippen molar-refractivity contribution in [2.45, 2.75) is 26.3 Å². The van der Waals surface area contributed by atoms with Crippen LogP contribution in [0, 0.1) is 0 Å². The second-order valence-corrected chi connectivity index (χ2v) is 4.82. The topological polar surface area (TPSA) is 21.3 Å². The average molecular weight is 269 g/mol. The molecule has 0 radical (unpaired) electrons. The maximum absolute atomic E-state index is 5.64. The van der Waals surface area contributed by atoms with Gasteiger partial charge in [0.25, 0.3) is 0 Å². The quantitative estimate of drug-likeness (QED) is 0.814. The molecule has 2 heteroatoms. The third-order valence-corrected chi connectivity index (χ3v) is 3.23. The Morgan fingerprint density at radius 2 is 1.55 bits per heavy atom. The van der Waals surface area contributed by atoms with Gasteiger partial charge in [-0.25, -0.2) is 0 Å². The molecule has 106 valence electrons. The van der Waals surface area contributed by atoms with Gasteiger partial charge in [-0.2, -0.15) is 0 Å². The predicted molar refractivity (Wildman–Crippen MR) is 84.2 cm³/mol. The zero-order valence-corrected chi connectivity index (χ0v) is 12.3. The maximum atomic E-state index is 5.64. The van der Waals surface area contributed by atoms with Gasteiger partial charge in [-0.05, 0) is 36.2 Å². The van der Waals surface area contributed by atoms with E-state index in [-0.39, 0.29) is 6.04 Å². The molecule has 0 spiro atoms. The summed E-state index contributed by atoms with van der Waals surface area (Å²) >= 11 is 0. The van der Waals surface area contributed by atoms with Crippen LogP contribution in [0.5, 0.6) is 5.75 Å². The van der Waals surface area contributed by atoms with Gasteiger partial charge in [-0.15, -0.1) is 0 Å². The number of rotatable bonds is 7. The van der Waals surface area contributed by atoms with E-state index in [1.807, 2.05) is 6.07 Å². The zero-order chi connectivity index (χ0) is 14.2. The first kappa shape index (κ1) is 14.6. The summed E-state index contributed by atoms with van der Waals surface area (Å²) in [4.78, 5) is 0. The third kappa shape index (κ3) is 3.84. The third-order valence-electron chi connectivity index (χ3n) is 3.23.